The van der Waals surface area contributed by atoms with Crippen LogP contribution in [0.15, 0.2) is 0 Å². The van der Waals surface area contributed by atoms with Crippen LogP contribution < -0.4 is 0 Å². The number of fused-ring (bicyclic) bond motifs is 2. The van der Waals surface area contributed by atoms with Crippen molar-refractivity contribution in [3.05, 3.63) is 0 Å². The summed E-state index contributed by atoms with van der Waals surface area (Å²) in [7, 11) is 4.88. The number of aliphatic hydroxyl groups is 1. The smallest absolute Gasteiger partial charge is 0.313 e. The van der Waals surface area contributed by atoms with Crippen LogP contribution >= 0.6 is 0 Å². The van der Waals surface area contributed by atoms with Gasteiger partial charge in [0.15, 0.2) is 0 Å². The van der Waals surface area contributed by atoms with Crippen molar-refractivity contribution in [2.75, 3.05) is 28.1 Å². The van der Waals surface area contributed by atoms with E-state index in [0.717, 1.165) is 6.42 Å². The summed E-state index contributed by atoms with van der Waals surface area (Å²) in [5.41, 5.74) is 0. The van der Waals surface area contributed by atoms with Crippen LogP contribution in [0.2, 0.25) is 0 Å². The molecule has 2 aliphatic heterocycles. The molecule has 2 fully saturated rings. The quantitative estimate of drug-likeness (QED) is 0.547. The lowest BCUT2D eigenvalue weighted by molar-refractivity contribution is -0.161. The summed E-state index contributed by atoms with van der Waals surface area (Å²) < 4.78 is 15.3. The van der Waals surface area contributed by atoms with Crippen LogP contribution in [0.25, 0.3) is 0 Å². The minimum Gasteiger partial charge on any atom is -0.469 e. The molecule has 0 aromatic carbocycles. The number of hydrogen-bond donors (Lipinski definition) is 1. The van der Waals surface area contributed by atoms with Gasteiger partial charge in [0.2, 0.25) is 0 Å². The molecule has 0 radical (unpaired) electrons. The largest absolute Gasteiger partial charge is 0.469 e. The highest BCUT2D eigenvalue weighted by Gasteiger charge is 2.54. The Balaban J connectivity index is 2.16. The first kappa shape index (κ1) is 13.7. The van der Waals surface area contributed by atoms with E-state index in [1.165, 1.54) is 7.11 Å². The summed E-state index contributed by atoms with van der Waals surface area (Å²) in [5, 5.41) is 10.1. The molecule has 0 spiro atoms. The predicted octanol–water partition coefficient (Wildman–Crippen LogP) is -0.398. The van der Waals surface area contributed by atoms with Gasteiger partial charge in [-0.1, -0.05) is 0 Å². The lowest BCUT2D eigenvalue weighted by atomic mass is 9.87. The highest BCUT2D eigenvalue weighted by molar-refractivity contribution is 5.74. The van der Waals surface area contributed by atoms with Gasteiger partial charge in [0.25, 0.3) is 0 Å². The molecule has 6 heteroatoms. The van der Waals surface area contributed by atoms with E-state index in [2.05, 4.69) is 4.90 Å². The van der Waals surface area contributed by atoms with E-state index in [9.17, 15) is 9.90 Å². The maximum Gasteiger partial charge on any atom is 0.313 e. The molecule has 0 amide bonds. The lowest BCUT2D eigenvalue weighted by Gasteiger charge is -2.40. The number of piperidine rings is 1. The van der Waals surface area contributed by atoms with Crippen molar-refractivity contribution in [1.82, 2.24) is 4.90 Å². The molecule has 0 aliphatic carbocycles. The van der Waals surface area contributed by atoms with Crippen LogP contribution in [0, 0.1) is 5.92 Å². The second-order valence-corrected chi connectivity index (χ2v) is 5.01. The van der Waals surface area contributed by atoms with E-state index in [1.54, 1.807) is 7.11 Å². The van der Waals surface area contributed by atoms with E-state index in [1.807, 2.05) is 7.05 Å². The molecule has 6 nitrogen and oxygen atoms in total. The zero-order valence-electron chi connectivity index (χ0n) is 11.0. The van der Waals surface area contributed by atoms with E-state index in [-0.39, 0.29) is 30.9 Å². The number of methoxy groups -OCH3 is 2. The number of aliphatic hydroxyl groups excluding tert-OH is 1. The van der Waals surface area contributed by atoms with Crippen LogP contribution in [-0.4, -0.2) is 68.3 Å². The Morgan fingerprint density at radius 3 is 2.72 bits per heavy atom. The molecule has 2 bridgehead atoms. The fourth-order valence-electron chi connectivity index (χ4n) is 3.23. The molecule has 2 saturated heterocycles. The average Bonchev–Trinajstić information content (AvgIpc) is 2.56. The first-order valence-corrected chi connectivity index (χ1v) is 6.18. The van der Waals surface area contributed by atoms with Crippen molar-refractivity contribution in [3.8, 4) is 0 Å². The average molecular weight is 259 g/mol. The maximum atomic E-state index is 11.8. The third-order valence-corrected chi connectivity index (χ3v) is 4.10. The molecule has 0 unspecified atom stereocenters. The molecule has 18 heavy (non-hydrogen) atoms. The highest BCUT2D eigenvalue weighted by Crippen LogP contribution is 2.40. The Morgan fingerprint density at radius 2 is 2.11 bits per heavy atom. The number of hydrogen-bond acceptors (Lipinski definition) is 6. The summed E-state index contributed by atoms with van der Waals surface area (Å²) in [5.74, 6) is -0.911. The number of likely N-dealkylation sites (N-methyl/N-ethyl adjacent to an activating group) is 1. The van der Waals surface area contributed by atoms with E-state index in [0.29, 0.717) is 6.42 Å². The summed E-state index contributed by atoms with van der Waals surface area (Å²) in [6, 6.07) is 0.120. The first-order chi connectivity index (χ1) is 8.60. The Hall–Kier alpha value is -0.690. The predicted molar refractivity (Wildman–Crippen MR) is 62.8 cm³/mol. The molecular formula is C12H21NO5. The Bertz CT molecular complexity index is 311. The number of esters is 1. The lowest BCUT2D eigenvalue weighted by Crippen LogP contribution is -2.54. The Kier molecular flexibility index (Phi) is 4.21. The van der Waals surface area contributed by atoms with Gasteiger partial charge >= 0.3 is 5.97 Å². The fourth-order valence-corrected chi connectivity index (χ4v) is 3.23. The van der Waals surface area contributed by atoms with E-state index >= 15 is 0 Å². The molecule has 104 valence electrons. The molecule has 5 atom stereocenters. The topological polar surface area (TPSA) is 68.2 Å². The minimum atomic E-state index is -0.653. The Labute approximate surface area is 107 Å². The molecule has 0 saturated carbocycles. The zero-order valence-corrected chi connectivity index (χ0v) is 11.0. The van der Waals surface area contributed by atoms with Crippen LogP contribution in [0.5, 0.6) is 0 Å². The summed E-state index contributed by atoms with van der Waals surface area (Å²) >= 11 is 0. The maximum absolute atomic E-state index is 11.8. The van der Waals surface area contributed by atoms with Crippen molar-refractivity contribution in [1.29, 1.82) is 0 Å². The highest BCUT2D eigenvalue weighted by atomic mass is 16.7. The first-order valence-electron chi connectivity index (χ1n) is 6.18. The number of rotatable bonds is 4. The molecule has 2 heterocycles. The summed E-state index contributed by atoms with van der Waals surface area (Å²) in [6.07, 6.45) is 0.648. The van der Waals surface area contributed by atoms with Gasteiger partial charge in [-0.05, 0) is 19.9 Å². The number of ether oxygens (including phenoxy) is 3. The van der Waals surface area contributed by atoms with Gasteiger partial charge in [-0.3, -0.25) is 9.69 Å². The van der Waals surface area contributed by atoms with Crippen molar-refractivity contribution < 1.29 is 24.1 Å². The van der Waals surface area contributed by atoms with Gasteiger partial charge in [-0.2, -0.15) is 0 Å². The standard InChI is InChI=1S/C12H21NO5/c1-13-7-4-8(14)10(12(15)17-3)11(13)9(5-7)18-6-16-2/h7-11,14H,4-6H2,1-3H3/t7-,8-,9-,10+,11-/m1/s1. The monoisotopic (exact) mass is 259 g/mol. The van der Waals surface area contributed by atoms with E-state index < -0.39 is 12.0 Å². The third kappa shape index (κ3) is 2.25. The van der Waals surface area contributed by atoms with Gasteiger partial charge in [0, 0.05) is 13.2 Å². The van der Waals surface area contributed by atoms with Crippen LogP contribution in [0.1, 0.15) is 12.8 Å². The van der Waals surface area contributed by atoms with Gasteiger partial charge in [-0.15, -0.1) is 0 Å². The van der Waals surface area contributed by atoms with E-state index in [4.69, 9.17) is 14.2 Å². The molecule has 2 rings (SSSR count). The number of carbonyl (C=O) groups excluding carboxylic acids is 1. The fraction of sp³-hybridized carbons (Fsp3) is 0.917. The van der Waals surface area contributed by atoms with Crippen molar-refractivity contribution in [2.45, 2.75) is 37.1 Å². The number of nitrogens with zero attached hydrogens (tertiary/aromatic N) is 1. The van der Waals surface area contributed by atoms with Gasteiger partial charge in [0.05, 0.1) is 25.4 Å². The van der Waals surface area contributed by atoms with Crippen molar-refractivity contribution in [2.24, 2.45) is 5.92 Å². The second kappa shape index (κ2) is 5.52. The molecule has 2 aliphatic rings. The van der Waals surface area contributed by atoms with Crippen molar-refractivity contribution >= 4 is 5.97 Å². The summed E-state index contributed by atoms with van der Waals surface area (Å²) in [4.78, 5) is 14.0. The van der Waals surface area contributed by atoms with Crippen molar-refractivity contribution in [3.63, 3.8) is 0 Å². The molecule has 0 aromatic rings. The third-order valence-electron chi connectivity index (χ3n) is 4.10. The second-order valence-electron chi connectivity index (χ2n) is 5.01. The minimum absolute atomic E-state index is 0.0961. The van der Waals surface area contributed by atoms with Crippen LogP contribution in [-0.2, 0) is 19.0 Å². The van der Waals surface area contributed by atoms with Gasteiger partial charge < -0.3 is 19.3 Å². The number of carbonyl (C=O) groups is 1. The van der Waals surface area contributed by atoms with Crippen LogP contribution in [0.3, 0.4) is 0 Å². The molecule has 1 N–H and O–H groups in total. The van der Waals surface area contributed by atoms with Gasteiger partial charge in [-0.25, -0.2) is 0 Å². The summed E-state index contributed by atoms with van der Waals surface area (Å²) in [6.45, 7) is 0.200. The van der Waals surface area contributed by atoms with Crippen LogP contribution in [0.4, 0.5) is 0 Å². The zero-order chi connectivity index (χ0) is 13.3. The SMILES string of the molecule is COCO[C@@H]1C[C@H]2C[C@@H](O)[C@H](C(=O)OC)[C@@H]1N2C. The molecule has 0 aromatic heterocycles. The Morgan fingerprint density at radius 1 is 1.39 bits per heavy atom. The van der Waals surface area contributed by atoms with Gasteiger partial charge in [0.1, 0.15) is 12.7 Å². The normalized spacial score (nSPS) is 39.9. The molecular weight excluding hydrogens is 238 g/mol.